The van der Waals surface area contributed by atoms with Crippen molar-refractivity contribution < 1.29 is 4.74 Å². The maximum Gasteiger partial charge on any atom is 0.137 e. The summed E-state index contributed by atoms with van der Waals surface area (Å²) in [6.45, 7) is 25.8. The van der Waals surface area contributed by atoms with Crippen LogP contribution in [0.3, 0.4) is 0 Å². The number of anilines is 2. The van der Waals surface area contributed by atoms with E-state index in [-0.39, 0.29) is 21.7 Å². The molecule has 0 saturated heterocycles. The molecule has 5 aromatic carbocycles. The van der Waals surface area contributed by atoms with Gasteiger partial charge >= 0.3 is 0 Å². The van der Waals surface area contributed by atoms with Gasteiger partial charge in [0.15, 0.2) is 0 Å². The van der Waals surface area contributed by atoms with Crippen molar-refractivity contribution in [1.29, 1.82) is 0 Å². The summed E-state index contributed by atoms with van der Waals surface area (Å²) in [6, 6.07) is 45.9. The summed E-state index contributed by atoms with van der Waals surface area (Å²) in [6.07, 6.45) is 4.25. The molecule has 0 bridgehead atoms. The molecule has 1 aliphatic rings. The highest BCUT2D eigenvalue weighted by Crippen LogP contribution is 2.45. The van der Waals surface area contributed by atoms with Crippen LogP contribution in [-0.2, 0) is 16.2 Å². The Morgan fingerprint density at radius 2 is 1.19 bits per heavy atom. The van der Waals surface area contributed by atoms with E-state index in [9.17, 15) is 0 Å². The van der Waals surface area contributed by atoms with Gasteiger partial charge in [-0.3, -0.25) is 4.57 Å². The first-order valence-electron chi connectivity index (χ1n) is 20.6. The second-order valence-corrected chi connectivity index (χ2v) is 19.6. The predicted molar refractivity (Wildman–Crippen MR) is 245 cm³/mol. The minimum absolute atomic E-state index is 0.0259. The Morgan fingerprint density at radius 1 is 0.534 bits per heavy atom. The minimum atomic E-state index is -0.339. The maximum atomic E-state index is 6.99. The van der Waals surface area contributed by atoms with E-state index in [2.05, 4.69) is 224 Å². The fourth-order valence-corrected chi connectivity index (χ4v) is 8.35. The van der Waals surface area contributed by atoms with Crippen LogP contribution < -0.4 is 14.5 Å². The highest BCUT2D eigenvalue weighted by Gasteiger charge is 2.33. The van der Waals surface area contributed by atoms with E-state index in [1.54, 1.807) is 0 Å². The molecule has 1 aliphatic heterocycles. The van der Waals surface area contributed by atoms with Gasteiger partial charge in [-0.15, -0.1) is 0 Å². The van der Waals surface area contributed by atoms with Crippen LogP contribution in [0.15, 0.2) is 145 Å². The van der Waals surface area contributed by atoms with Crippen LogP contribution in [0.1, 0.15) is 98.4 Å². The van der Waals surface area contributed by atoms with Crippen LogP contribution in [0, 0.1) is 5.41 Å². The van der Waals surface area contributed by atoms with Gasteiger partial charge in [-0.1, -0.05) is 143 Å². The molecule has 5 heteroatoms. The molecule has 0 fully saturated rings. The molecule has 3 heterocycles. The van der Waals surface area contributed by atoms with Crippen LogP contribution in [0.5, 0.6) is 11.5 Å². The summed E-state index contributed by atoms with van der Waals surface area (Å²) >= 11 is 0. The van der Waals surface area contributed by atoms with Crippen molar-refractivity contribution in [1.82, 2.24) is 9.55 Å². The molecule has 0 aliphatic carbocycles. The summed E-state index contributed by atoms with van der Waals surface area (Å²) in [7, 11) is 0. The lowest BCUT2D eigenvalue weighted by atomic mass is 9.76. The van der Waals surface area contributed by atoms with E-state index < -0.39 is 0 Å². The van der Waals surface area contributed by atoms with Gasteiger partial charge in [0.05, 0.1) is 17.7 Å². The number of para-hydroxylation sites is 1. The highest BCUT2D eigenvalue weighted by atomic mass is 16.5. The molecular weight excluding hydrogens is 709 g/mol. The third-order valence-corrected chi connectivity index (χ3v) is 11.8. The first-order valence-corrected chi connectivity index (χ1v) is 20.6. The lowest BCUT2D eigenvalue weighted by Crippen LogP contribution is -2.30. The average Bonchev–Trinajstić information content (AvgIpc) is 3.79. The number of aromatic nitrogens is 2. The zero-order chi connectivity index (χ0) is 41.2. The molecule has 5 nitrogen and oxygen atoms in total. The number of hydrogen-bond acceptors (Lipinski definition) is 4. The molecule has 58 heavy (non-hydrogen) atoms. The molecule has 0 N–H and O–H groups in total. The van der Waals surface area contributed by atoms with Gasteiger partial charge in [-0.25, -0.2) is 4.98 Å². The number of hydrogen-bond donors (Lipinski definition) is 0. The summed E-state index contributed by atoms with van der Waals surface area (Å²) in [5.41, 5.74) is 10.4. The standard InChI is InChI=1S/C53H58N4O/c1-50(2,3)37-21-17-23-40(29-37)56-35-55(34-47(56)52(7,8)9)39-22-18-24-41(31-39)58-42-32-44(53(10,11)36-19-13-12-14-20-36)49-43-25-15-16-26-45(43)57(46(49)33-42)48-30-38(27-28-54-48)51(4,5)6/h12-34H,35H2,1-11H3. The van der Waals surface area contributed by atoms with Crippen LogP contribution in [0.25, 0.3) is 27.6 Å². The number of benzene rings is 5. The van der Waals surface area contributed by atoms with Crippen molar-refractivity contribution in [3.05, 3.63) is 168 Å². The quantitative estimate of drug-likeness (QED) is 0.162. The van der Waals surface area contributed by atoms with E-state index >= 15 is 0 Å². The number of pyridine rings is 1. The third kappa shape index (κ3) is 7.28. The summed E-state index contributed by atoms with van der Waals surface area (Å²) < 4.78 is 9.31. The number of allylic oxidation sites excluding steroid dienone is 1. The van der Waals surface area contributed by atoms with Crippen molar-refractivity contribution in [2.45, 2.75) is 92.4 Å². The van der Waals surface area contributed by atoms with Crippen molar-refractivity contribution in [2.24, 2.45) is 5.41 Å². The third-order valence-electron chi connectivity index (χ3n) is 11.8. The molecule has 0 unspecified atom stereocenters. The van der Waals surface area contributed by atoms with E-state index in [1.165, 1.54) is 44.4 Å². The van der Waals surface area contributed by atoms with Gasteiger partial charge in [0.1, 0.15) is 17.3 Å². The molecule has 296 valence electrons. The summed E-state index contributed by atoms with van der Waals surface area (Å²) in [4.78, 5) is 9.79. The van der Waals surface area contributed by atoms with E-state index in [0.29, 0.717) is 6.67 Å². The van der Waals surface area contributed by atoms with Crippen molar-refractivity contribution in [3.8, 4) is 17.3 Å². The number of nitrogens with zero attached hydrogens (tertiary/aromatic N) is 4. The van der Waals surface area contributed by atoms with Crippen molar-refractivity contribution in [2.75, 3.05) is 16.5 Å². The minimum Gasteiger partial charge on any atom is -0.457 e. The Balaban J connectivity index is 1.25. The zero-order valence-electron chi connectivity index (χ0n) is 36.2. The smallest absolute Gasteiger partial charge is 0.137 e. The van der Waals surface area contributed by atoms with Gasteiger partial charge < -0.3 is 14.5 Å². The molecular formula is C53H58N4O. The van der Waals surface area contributed by atoms with Crippen LogP contribution in [0.4, 0.5) is 11.4 Å². The Morgan fingerprint density at radius 3 is 1.91 bits per heavy atom. The van der Waals surface area contributed by atoms with Gasteiger partial charge in [0.25, 0.3) is 0 Å². The summed E-state index contributed by atoms with van der Waals surface area (Å²) in [5, 5.41) is 2.40. The van der Waals surface area contributed by atoms with Gasteiger partial charge in [0, 0.05) is 63.2 Å². The largest absolute Gasteiger partial charge is 0.457 e. The van der Waals surface area contributed by atoms with Crippen molar-refractivity contribution in [3.63, 3.8) is 0 Å². The van der Waals surface area contributed by atoms with Crippen LogP contribution in [0.2, 0.25) is 0 Å². The number of fused-ring (bicyclic) bond motifs is 3. The highest BCUT2D eigenvalue weighted by molar-refractivity contribution is 6.11. The van der Waals surface area contributed by atoms with Gasteiger partial charge in [0.2, 0.25) is 0 Å². The van der Waals surface area contributed by atoms with Crippen molar-refractivity contribution >= 4 is 33.2 Å². The topological polar surface area (TPSA) is 33.5 Å². The monoisotopic (exact) mass is 766 g/mol. The normalized spacial score (nSPS) is 14.1. The number of rotatable bonds is 7. The second-order valence-electron chi connectivity index (χ2n) is 19.6. The molecule has 0 radical (unpaired) electrons. The second kappa shape index (κ2) is 14.2. The molecule has 0 amide bonds. The fourth-order valence-electron chi connectivity index (χ4n) is 8.35. The molecule has 0 atom stereocenters. The molecule has 0 saturated carbocycles. The molecule has 2 aromatic heterocycles. The van der Waals surface area contributed by atoms with Gasteiger partial charge in [-0.05, 0) is 81.6 Å². The maximum absolute atomic E-state index is 6.99. The Bertz CT molecular complexity index is 2660. The molecule has 8 rings (SSSR count). The Kier molecular flexibility index (Phi) is 9.58. The summed E-state index contributed by atoms with van der Waals surface area (Å²) in [5.74, 6) is 2.47. The van der Waals surface area contributed by atoms with E-state index in [1.807, 2.05) is 6.20 Å². The molecule has 7 aromatic rings. The first-order chi connectivity index (χ1) is 27.4. The van der Waals surface area contributed by atoms with E-state index in [4.69, 9.17) is 9.72 Å². The first kappa shape index (κ1) is 39.0. The lowest BCUT2D eigenvalue weighted by Gasteiger charge is -2.32. The van der Waals surface area contributed by atoms with Crippen LogP contribution in [-0.4, -0.2) is 16.2 Å². The predicted octanol–water partition coefficient (Wildman–Crippen LogP) is 14.1. The lowest BCUT2D eigenvalue weighted by molar-refractivity contribution is 0.481. The average molecular weight is 767 g/mol. The zero-order valence-corrected chi connectivity index (χ0v) is 36.2. The molecule has 0 spiro atoms. The fraction of sp³-hybridized carbons (Fsp3) is 0.302. The van der Waals surface area contributed by atoms with Gasteiger partial charge in [-0.2, -0.15) is 0 Å². The Hall–Kier alpha value is -5.81. The SMILES string of the molecule is CC(C)(C)C1=CN(c2cccc(Oc3cc(C(C)(C)c4ccccc4)c4c5ccccc5n(-c5cc(C(C)(C)C)ccn5)c4c3)c2)CN1c1cccc(C(C)(C)C)c1. The van der Waals surface area contributed by atoms with Crippen LogP contribution >= 0.6 is 0 Å². The Labute approximate surface area is 345 Å². The van der Waals surface area contributed by atoms with E-state index in [0.717, 1.165) is 34.0 Å². The number of ether oxygens (including phenoxy) is 1.